The van der Waals surface area contributed by atoms with Crippen molar-refractivity contribution in [3.63, 3.8) is 0 Å². The van der Waals surface area contributed by atoms with Crippen LogP contribution < -0.4 is 11.1 Å². The number of aromatic carboxylic acids is 1. The fourth-order valence-corrected chi connectivity index (χ4v) is 1.84. The Morgan fingerprint density at radius 1 is 1.37 bits per heavy atom. The molecule has 0 aliphatic heterocycles. The zero-order chi connectivity index (χ0) is 14.6. The average Bonchev–Trinajstić information content (AvgIpc) is 2.30. The summed E-state index contributed by atoms with van der Waals surface area (Å²) in [5, 5.41) is 11.7. The van der Waals surface area contributed by atoms with Crippen LogP contribution in [0, 0.1) is 12.8 Å². The van der Waals surface area contributed by atoms with Crippen LogP contribution in [-0.4, -0.2) is 23.0 Å². The van der Waals surface area contributed by atoms with Crippen LogP contribution >= 0.6 is 0 Å². The van der Waals surface area contributed by atoms with E-state index in [1.54, 1.807) is 19.1 Å². The number of carboxylic acid groups (broad SMARTS) is 1. The monoisotopic (exact) mass is 264 g/mol. The highest BCUT2D eigenvalue weighted by Crippen LogP contribution is 2.19. The van der Waals surface area contributed by atoms with Crippen molar-refractivity contribution in [2.45, 2.75) is 33.2 Å². The molecule has 1 atom stereocenters. The molecular weight excluding hydrogens is 244 g/mol. The number of amides is 1. The molecule has 4 N–H and O–H groups in total. The molecule has 1 aromatic carbocycles. The Bertz CT molecular complexity index is 484. The Balaban J connectivity index is 2.86. The molecule has 0 aliphatic rings. The molecule has 0 heterocycles. The molecule has 19 heavy (non-hydrogen) atoms. The SMILES string of the molecule is Cc1c(NC(=O)[C@H](N)CC(C)C)cccc1C(=O)O. The topological polar surface area (TPSA) is 92.4 Å². The van der Waals surface area contributed by atoms with Gasteiger partial charge in [-0.15, -0.1) is 0 Å². The minimum atomic E-state index is -1.01. The average molecular weight is 264 g/mol. The molecule has 5 nitrogen and oxygen atoms in total. The molecule has 0 spiro atoms. The van der Waals surface area contributed by atoms with Crippen molar-refractivity contribution < 1.29 is 14.7 Å². The first kappa shape index (κ1) is 15.2. The van der Waals surface area contributed by atoms with Gasteiger partial charge in [-0.05, 0) is 37.0 Å². The van der Waals surface area contributed by atoms with Crippen molar-refractivity contribution in [2.24, 2.45) is 11.7 Å². The predicted molar refractivity (Wildman–Crippen MR) is 74.2 cm³/mol. The van der Waals surface area contributed by atoms with E-state index in [2.05, 4.69) is 5.32 Å². The minimum absolute atomic E-state index is 0.176. The lowest BCUT2D eigenvalue weighted by Crippen LogP contribution is -2.36. The van der Waals surface area contributed by atoms with Gasteiger partial charge in [0, 0.05) is 5.69 Å². The Labute approximate surface area is 112 Å². The summed E-state index contributed by atoms with van der Waals surface area (Å²) < 4.78 is 0. The maximum atomic E-state index is 11.9. The van der Waals surface area contributed by atoms with Crippen LogP contribution in [0.2, 0.25) is 0 Å². The van der Waals surface area contributed by atoms with Gasteiger partial charge in [0.2, 0.25) is 5.91 Å². The molecule has 0 aromatic heterocycles. The largest absolute Gasteiger partial charge is 0.478 e. The number of benzene rings is 1. The van der Waals surface area contributed by atoms with Crippen molar-refractivity contribution >= 4 is 17.6 Å². The van der Waals surface area contributed by atoms with Gasteiger partial charge in [0.15, 0.2) is 0 Å². The van der Waals surface area contributed by atoms with Crippen LogP contribution in [0.3, 0.4) is 0 Å². The maximum Gasteiger partial charge on any atom is 0.336 e. The number of nitrogens with one attached hydrogen (secondary N) is 1. The van der Waals surface area contributed by atoms with E-state index in [4.69, 9.17) is 10.8 Å². The number of carbonyl (C=O) groups excluding carboxylic acids is 1. The number of carbonyl (C=O) groups is 2. The molecule has 0 fully saturated rings. The number of anilines is 1. The highest BCUT2D eigenvalue weighted by Gasteiger charge is 2.17. The molecule has 0 aliphatic carbocycles. The van der Waals surface area contributed by atoms with Crippen LogP contribution in [0.1, 0.15) is 36.2 Å². The third-order valence-electron chi connectivity index (χ3n) is 2.88. The zero-order valence-corrected chi connectivity index (χ0v) is 11.4. The molecule has 1 rings (SSSR count). The van der Waals surface area contributed by atoms with Crippen LogP contribution in [0.25, 0.3) is 0 Å². The summed E-state index contributed by atoms with van der Waals surface area (Å²) in [4.78, 5) is 22.9. The van der Waals surface area contributed by atoms with Gasteiger partial charge in [0.1, 0.15) is 0 Å². The first-order valence-electron chi connectivity index (χ1n) is 6.22. The fourth-order valence-electron chi connectivity index (χ4n) is 1.84. The number of nitrogens with two attached hydrogens (primary N) is 1. The molecule has 0 bridgehead atoms. The molecule has 5 heteroatoms. The normalized spacial score (nSPS) is 12.3. The molecule has 0 radical (unpaired) electrons. The standard InChI is InChI=1S/C14H20N2O3/c1-8(2)7-11(15)13(17)16-12-6-4-5-10(9(12)3)14(18)19/h4-6,8,11H,7,15H2,1-3H3,(H,16,17)(H,18,19)/t11-/m1/s1. The summed E-state index contributed by atoms with van der Waals surface area (Å²) in [6, 6.07) is 4.18. The number of hydrogen-bond acceptors (Lipinski definition) is 3. The molecule has 104 valence electrons. The highest BCUT2D eigenvalue weighted by atomic mass is 16.4. The molecule has 0 saturated heterocycles. The molecule has 1 amide bonds. The second kappa shape index (κ2) is 6.33. The zero-order valence-electron chi connectivity index (χ0n) is 11.4. The summed E-state index contributed by atoms with van der Waals surface area (Å²) in [6.45, 7) is 5.64. The summed E-state index contributed by atoms with van der Waals surface area (Å²) in [7, 11) is 0. The molecule has 1 aromatic rings. The van der Waals surface area contributed by atoms with Crippen molar-refractivity contribution in [1.29, 1.82) is 0 Å². The predicted octanol–water partition coefficient (Wildman–Crippen LogP) is 2.01. The van der Waals surface area contributed by atoms with Crippen LogP contribution in [0.5, 0.6) is 0 Å². The van der Waals surface area contributed by atoms with Gasteiger partial charge in [-0.3, -0.25) is 4.79 Å². The number of hydrogen-bond donors (Lipinski definition) is 3. The van der Waals surface area contributed by atoms with E-state index in [0.717, 1.165) is 0 Å². The van der Waals surface area contributed by atoms with E-state index < -0.39 is 12.0 Å². The molecule has 0 saturated carbocycles. The highest BCUT2D eigenvalue weighted by molar-refractivity contribution is 5.98. The fraction of sp³-hybridized carbons (Fsp3) is 0.429. The summed E-state index contributed by atoms with van der Waals surface area (Å²) in [6.07, 6.45) is 0.587. The van der Waals surface area contributed by atoms with Crippen molar-refractivity contribution in [3.8, 4) is 0 Å². The summed E-state index contributed by atoms with van der Waals surface area (Å²) in [5.74, 6) is -0.980. The molecule has 0 unspecified atom stereocenters. The first-order valence-corrected chi connectivity index (χ1v) is 6.22. The lowest BCUT2D eigenvalue weighted by atomic mass is 10.0. The number of carboxylic acids is 1. The lowest BCUT2D eigenvalue weighted by molar-refractivity contribution is -0.117. The van der Waals surface area contributed by atoms with Gasteiger partial charge in [-0.25, -0.2) is 4.79 Å². The molecular formula is C14H20N2O3. The van der Waals surface area contributed by atoms with E-state index in [-0.39, 0.29) is 11.5 Å². The smallest absolute Gasteiger partial charge is 0.336 e. The third-order valence-corrected chi connectivity index (χ3v) is 2.88. The van der Waals surface area contributed by atoms with Gasteiger partial charge in [-0.2, -0.15) is 0 Å². The second-order valence-corrected chi connectivity index (χ2v) is 5.01. The van der Waals surface area contributed by atoms with Gasteiger partial charge in [-0.1, -0.05) is 19.9 Å². The Hall–Kier alpha value is -1.88. The van der Waals surface area contributed by atoms with Crippen molar-refractivity contribution in [3.05, 3.63) is 29.3 Å². The minimum Gasteiger partial charge on any atom is -0.478 e. The Kier molecular flexibility index (Phi) is 5.06. The third kappa shape index (κ3) is 4.06. The first-order chi connectivity index (χ1) is 8.82. The number of rotatable bonds is 5. The van der Waals surface area contributed by atoms with Gasteiger partial charge in [0.25, 0.3) is 0 Å². The van der Waals surface area contributed by atoms with E-state index >= 15 is 0 Å². The van der Waals surface area contributed by atoms with E-state index in [9.17, 15) is 9.59 Å². The van der Waals surface area contributed by atoms with Crippen LogP contribution in [0.4, 0.5) is 5.69 Å². The van der Waals surface area contributed by atoms with Crippen LogP contribution in [-0.2, 0) is 4.79 Å². The maximum absolute atomic E-state index is 11.9. The van der Waals surface area contributed by atoms with Crippen LogP contribution in [0.15, 0.2) is 18.2 Å². The second-order valence-electron chi connectivity index (χ2n) is 5.01. The van der Waals surface area contributed by atoms with E-state index in [1.165, 1.54) is 6.07 Å². The van der Waals surface area contributed by atoms with Crippen molar-refractivity contribution in [1.82, 2.24) is 0 Å². The van der Waals surface area contributed by atoms with Crippen molar-refractivity contribution in [2.75, 3.05) is 5.32 Å². The van der Waals surface area contributed by atoms with Gasteiger partial charge >= 0.3 is 5.97 Å². The quantitative estimate of drug-likeness (QED) is 0.758. The van der Waals surface area contributed by atoms with E-state index in [1.807, 2.05) is 13.8 Å². The van der Waals surface area contributed by atoms with Gasteiger partial charge in [0.05, 0.1) is 11.6 Å². The van der Waals surface area contributed by atoms with Gasteiger partial charge < -0.3 is 16.2 Å². The van der Waals surface area contributed by atoms with E-state index in [0.29, 0.717) is 23.6 Å². The summed E-state index contributed by atoms with van der Waals surface area (Å²) in [5.41, 5.74) is 6.98. The Morgan fingerprint density at radius 2 is 2.00 bits per heavy atom. The lowest BCUT2D eigenvalue weighted by Gasteiger charge is -2.16. The summed E-state index contributed by atoms with van der Waals surface area (Å²) >= 11 is 0. The Morgan fingerprint density at radius 3 is 2.53 bits per heavy atom.